The van der Waals surface area contributed by atoms with E-state index in [1.165, 1.54) is 30.0 Å². The molecule has 0 saturated carbocycles. The Morgan fingerprint density at radius 1 is 1.52 bits per heavy atom. The highest BCUT2D eigenvalue weighted by atomic mass is 32.2. The average Bonchev–Trinajstić information content (AvgIpc) is 2.84. The number of nitrogens with zero attached hydrogens (tertiary/aromatic N) is 2. The third-order valence-corrected chi connectivity index (χ3v) is 3.58. The van der Waals surface area contributed by atoms with Crippen molar-refractivity contribution < 1.29 is 9.18 Å². The minimum atomic E-state index is -0.427. The molecule has 2 aromatic rings. The molecule has 1 amide bonds. The molecule has 0 saturated heterocycles. The molecule has 0 fully saturated rings. The maximum Gasteiger partial charge on any atom is 0.224 e. The topological polar surface area (TPSA) is 96.7 Å². The molecule has 6 nitrogen and oxygen atoms in total. The summed E-state index contributed by atoms with van der Waals surface area (Å²) < 4.78 is 12.9. The number of nitrogen functional groups attached to an aromatic ring is 1. The fourth-order valence-corrected chi connectivity index (χ4v) is 2.43. The van der Waals surface area contributed by atoms with Gasteiger partial charge in [0.15, 0.2) is 0 Å². The van der Waals surface area contributed by atoms with Gasteiger partial charge in [-0.15, -0.1) is 5.10 Å². The number of hydrogen-bond acceptors (Lipinski definition) is 5. The van der Waals surface area contributed by atoms with Gasteiger partial charge in [-0.05, 0) is 31.5 Å². The number of aryl methyl sites for hydroxylation is 1. The van der Waals surface area contributed by atoms with Crippen molar-refractivity contribution >= 4 is 29.0 Å². The molecule has 21 heavy (non-hydrogen) atoms. The number of halogens is 1. The maximum absolute atomic E-state index is 12.9. The van der Waals surface area contributed by atoms with Gasteiger partial charge >= 0.3 is 0 Å². The van der Waals surface area contributed by atoms with Crippen LogP contribution >= 0.6 is 11.8 Å². The van der Waals surface area contributed by atoms with Gasteiger partial charge in [-0.3, -0.25) is 9.89 Å². The van der Waals surface area contributed by atoms with Gasteiger partial charge in [-0.25, -0.2) is 9.37 Å². The zero-order chi connectivity index (χ0) is 15.2. The predicted molar refractivity (Wildman–Crippen MR) is 80.5 cm³/mol. The van der Waals surface area contributed by atoms with Crippen LogP contribution in [0.15, 0.2) is 23.4 Å². The summed E-state index contributed by atoms with van der Waals surface area (Å²) in [5.41, 5.74) is 6.27. The van der Waals surface area contributed by atoms with Crippen LogP contribution in [-0.4, -0.2) is 26.8 Å². The summed E-state index contributed by atoms with van der Waals surface area (Å²) in [5.74, 6) is 0.926. The summed E-state index contributed by atoms with van der Waals surface area (Å²) in [6.45, 7) is 1.83. The molecule has 8 heteroatoms. The van der Waals surface area contributed by atoms with Crippen LogP contribution < -0.4 is 11.1 Å². The Balaban J connectivity index is 1.72. The largest absolute Gasteiger partial charge is 0.397 e. The van der Waals surface area contributed by atoms with E-state index in [1.807, 2.05) is 6.92 Å². The lowest BCUT2D eigenvalue weighted by Gasteiger charge is -2.07. The van der Waals surface area contributed by atoms with Gasteiger partial charge in [-0.1, -0.05) is 11.8 Å². The molecule has 0 aliphatic carbocycles. The van der Waals surface area contributed by atoms with Gasteiger partial charge in [0.1, 0.15) is 11.6 Å². The summed E-state index contributed by atoms with van der Waals surface area (Å²) in [5, 5.41) is 10.1. The van der Waals surface area contributed by atoms with Gasteiger partial charge in [-0.2, -0.15) is 0 Å². The van der Waals surface area contributed by atoms with Crippen LogP contribution in [0.3, 0.4) is 0 Å². The molecular formula is C13H16FN5OS. The molecule has 0 aliphatic heterocycles. The first-order valence-corrected chi connectivity index (χ1v) is 7.40. The smallest absolute Gasteiger partial charge is 0.224 e. The molecule has 1 heterocycles. The Labute approximate surface area is 125 Å². The number of aromatic amines is 1. The molecule has 0 radical (unpaired) electrons. The Kier molecular flexibility index (Phi) is 5.15. The molecule has 2 rings (SSSR count). The van der Waals surface area contributed by atoms with E-state index in [0.29, 0.717) is 23.7 Å². The van der Waals surface area contributed by atoms with Crippen molar-refractivity contribution in [2.24, 2.45) is 0 Å². The first kappa shape index (κ1) is 15.3. The summed E-state index contributed by atoms with van der Waals surface area (Å²) in [6, 6.07) is 3.89. The van der Waals surface area contributed by atoms with Gasteiger partial charge in [0.25, 0.3) is 0 Å². The lowest BCUT2D eigenvalue weighted by molar-refractivity contribution is -0.116. The summed E-state index contributed by atoms with van der Waals surface area (Å²) >= 11 is 1.49. The van der Waals surface area contributed by atoms with E-state index in [4.69, 9.17) is 5.73 Å². The number of amides is 1. The number of hydrogen-bond donors (Lipinski definition) is 3. The minimum absolute atomic E-state index is 0.153. The number of anilines is 2. The van der Waals surface area contributed by atoms with Crippen molar-refractivity contribution in [1.29, 1.82) is 0 Å². The Bertz CT molecular complexity index is 631. The van der Waals surface area contributed by atoms with E-state index < -0.39 is 5.82 Å². The molecule has 0 aliphatic rings. The molecule has 0 unspecified atom stereocenters. The van der Waals surface area contributed by atoms with Crippen molar-refractivity contribution in [2.45, 2.75) is 24.9 Å². The van der Waals surface area contributed by atoms with Gasteiger partial charge in [0.05, 0.1) is 11.4 Å². The quantitative estimate of drug-likeness (QED) is 0.432. The standard InChI is InChI=1S/C13H16FN5OS/c1-8-16-13(19-18-8)21-6-2-3-12(20)17-11-5-4-9(14)7-10(11)15/h4-5,7H,2-3,6,15H2,1H3,(H,17,20)(H,16,18,19). The van der Waals surface area contributed by atoms with Crippen LogP contribution in [0.25, 0.3) is 0 Å². The lowest BCUT2D eigenvalue weighted by atomic mass is 10.2. The number of H-pyrrole nitrogens is 1. The molecule has 4 N–H and O–H groups in total. The van der Waals surface area contributed by atoms with Crippen LogP contribution in [0.1, 0.15) is 18.7 Å². The van der Waals surface area contributed by atoms with Crippen molar-refractivity contribution in [3.05, 3.63) is 29.8 Å². The average molecular weight is 309 g/mol. The van der Waals surface area contributed by atoms with E-state index >= 15 is 0 Å². The van der Waals surface area contributed by atoms with E-state index in [1.54, 1.807) is 0 Å². The first-order valence-electron chi connectivity index (χ1n) is 6.41. The highest BCUT2D eigenvalue weighted by Gasteiger charge is 2.07. The van der Waals surface area contributed by atoms with Crippen LogP contribution in [-0.2, 0) is 4.79 Å². The van der Waals surface area contributed by atoms with E-state index in [-0.39, 0.29) is 11.6 Å². The molecule has 112 valence electrons. The second kappa shape index (κ2) is 7.07. The van der Waals surface area contributed by atoms with Gasteiger partial charge < -0.3 is 11.1 Å². The number of carbonyl (C=O) groups excluding carboxylic acids is 1. The second-order valence-electron chi connectivity index (χ2n) is 4.44. The van der Waals surface area contributed by atoms with E-state index in [0.717, 1.165) is 11.6 Å². The molecule has 1 aromatic heterocycles. The van der Waals surface area contributed by atoms with Gasteiger partial charge in [0, 0.05) is 12.2 Å². The lowest BCUT2D eigenvalue weighted by Crippen LogP contribution is -2.13. The number of nitrogens with one attached hydrogen (secondary N) is 2. The van der Waals surface area contributed by atoms with E-state index in [2.05, 4.69) is 20.5 Å². The summed E-state index contributed by atoms with van der Waals surface area (Å²) in [6.07, 6.45) is 1.04. The van der Waals surface area contributed by atoms with Crippen molar-refractivity contribution in [3.8, 4) is 0 Å². The van der Waals surface area contributed by atoms with Crippen molar-refractivity contribution in [1.82, 2.24) is 15.2 Å². The molecule has 1 aromatic carbocycles. The molecule has 0 spiro atoms. The number of aromatic nitrogens is 3. The second-order valence-corrected chi connectivity index (χ2v) is 5.50. The van der Waals surface area contributed by atoms with E-state index in [9.17, 15) is 9.18 Å². The van der Waals surface area contributed by atoms with Crippen LogP contribution in [0, 0.1) is 12.7 Å². The van der Waals surface area contributed by atoms with Crippen molar-refractivity contribution in [3.63, 3.8) is 0 Å². The third kappa shape index (κ3) is 4.75. The van der Waals surface area contributed by atoms with Crippen LogP contribution in [0.5, 0.6) is 0 Å². The number of thioether (sulfide) groups is 1. The zero-order valence-electron chi connectivity index (χ0n) is 11.5. The number of nitrogens with two attached hydrogens (primary N) is 1. The maximum atomic E-state index is 12.9. The molecular weight excluding hydrogens is 293 g/mol. The van der Waals surface area contributed by atoms with Gasteiger partial charge in [0.2, 0.25) is 11.1 Å². The monoisotopic (exact) mass is 309 g/mol. The minimum Gasteiger partial charge on any atom is -0.397 e. The van der Waals surface area contributed by atoms with Crippen molar-refractivity contribution in [2.75, 3.05) is 16.8 Å². The third-order valence-electron chi connectivity index (χ3n) is 2.64. The summed E-state index contributed by atoms with van der Waals surface area (Å²) in [4.78, 5) is 15.9. The highest BCUT2D eigenvalue weighted by Crippen LogP contribution is 2.20. The predicted octanol–water partition coefficient (Wildman–Crippen LogP) is 2.35. The highest BCUT2D eigenvalue weighted by molar-refractivity contribution is 7.99. The Morgan fingerprint density at radius 3 is 3.00 bits per heavy atom. The fourth-order valence-electron chi connectivity index (χ4n) is 1.64. The Morgan fingerprint density at radius 2 is 2.33 bits per heavy atom. The number of rotatable bonds is 6. The molecule has 0 bridgehead atoms. The summed E-state index contributed by atoms with van der Waals surface area (Å²) in [7, 11) is 0. The Hall–Kier alpha value is -2.09. The van der Waals surface area contributed by atoms with Crippen LogP contribution in [0.2, 0.25) is 0 Å². The number of benzene rings is 1. The SMILES string of the molecule is Cc1nc(SCCCC(=O)Nc2ccc(F)cc2N)n[nH]1. The molecule has 0 atom stereocenters. The zero-order valence-corrected chi connectivity index (χ0v) is 12.3. The van der Waals surface area contributed by atoms with Crippen LogP contribution in [0.4, 0.5) is 15.8 Å². The normalized spacial score (nSPS) is 10.6. The first-order chi connectivity index (χ1) is 10.0. The number of carbonyl (C=O) groups is 1. The fraction of sp³-hybridized carbons (Fsp3) is 0.308.